The molecule has 0 aromatic carbocycles. The molecule has 0 bridgehead atoms. The number of ether oxygens (including phenoxy) is 2. The van der Waals surface area contributed by atoms with Gasteiger partial charge in [-0.25, -0.2) is 0 Å². The second-order valence-corrected chi connectivity index (χ2v) is 16.9. The smallest absolute Gasteiger partial charge is 0.306 e. The molecule has 0 radical (unpaired) electrons. The molecule has 0 saturated carbocycles. The van der Waals surface area contributed by atoms with Gasteiger partial charge in [-0.3, -0.25) is 14.2 Å². The predicted octanol–water partition coefficient (Wildman–Crippen LogP) is 11.2. The molecule has 0 spiro atoms. The number of carbonyl (C=O) groups excluding carboxylic acids is 2. The van der Waals surface area contributed by atoms with Crippen LogP contribution in [0.25, 0.3) is 0 Å². The van der Waals surface area contributed by atoms with Crippen molar-refractivity contribution in [3.8, 4) is 0 Å². The predicted molar refractivity (Wildman–Crippen MR) is 250 cm³/mol. The van der Waals surface area contributed by atoms with E-state index in [0.29, 0.717) is 36.7 Å². The van der Waals surface area contributed by atoms with Gasteiger partial charge in [0.1, 0.15) is 19.8 Å². The second kappa shape index (κ2) is 40.4. The van der Waals surface area contributed by atoms with Crippen LogP contribution >= 0.6 is 7.82 Å². The number of likely N-dealkylation sites (N-methyl/N-ethyl adjacent to an activating group) is 1. The summed E-state index contributed by atoms with van der Waals surface area (Å²) < 4.78 is 33.8. The van der Waals surface area contributed by atoms with Crippen molar-refractivity contribution in [3.63, 3.8) is 0 Å². The van der Waals surface area contributed by atoms with Crippen LogP contribution in [-0.2, 0) is 32.7 Å². The monoisotopic (exact) mass is 870 g/mol. The normalized spacial score (nSPS) is 15.2. The standard InChI is InChI=1S/C50H80NO9P/c1-6-8-10-12-14-15-16-17-18-19-20-21-22-27-30-34-38-42-50(54)60-48(46-59-61(55,56)58-44-43-51(3,4)5)45-57-49(53)41-37-33-29-26-24-23-25-28-32-36-40-47(52)39-35-31-13-11-9-7-2/h8-11,14-15,17-18,20-21,23-24,28-29,31-33,35-36,40,47-48,52H,6-7,12-13,16,19,22,25-27,30,34,37-39,41-46H2,1-5H3/b10-8-,11-9-,15-14-,18-17-,21-20-,24-23-,32-28-,33-29-,35-31-,40-36+/t47?,48-/m1/s1. The largest absolute Gasteiger partial charge is 0.756 e. The van der Waals surface area contributed by atoms with E-state index in [1.54, 1.807) is 6.08 Å². The third-order valence-corrected chi connectivity index (χ3v) is 9.54. The Labute approximate surface area is 370 Å². The van der Waals surface area contributed by atoms with Gasteiger partial charge in [0.05, 0.1) is 33.9 Å². The lowest BCUT2D eigenvalue weighted by atomic mass is 10.1. The zero-order valence-electron chi connectivity index (χ0n) is 38.2. The number of phosphoric acid groups is 1. The van der Waals surface area contributed by atoms with Gasteiger partial charge in [0, 0.05) is 12.8 Å². The zero-order valence-corrected chi connectivity index (χ0v) is 39.1. The van der Waals surface area contributed by atoms with E-state index >= 15 is 0 Å². The molecule has 0 saturated heterocycles. The Hall–Kier alpha value is -3.63. The van der Waals surface area contributed by atoms with Crippen LogP contribution in [0.5, 0.6) is 0 Å². The lowest BCUT2D eigenvalue weighted by Crippen LogP contribution is -2.37. The molecule has 0 aromatic rings. The van der Waals surface area contributed by atoms with Crippen molar-refractivity contribution in [2.24, 2.45) is 0 Å². The average Bonchev–Trinajstić information content (AvgIpc) is 3.21. The first-order chi connectivity index (χ1) is 29.4. The minimum atomic E-state index is -4.67. The van der Waals surface area contributed by atoms with Gasteiger partial charge in [0.15, 0.2) is 6.10 Å². The van der Waals surface area contributed by atoms with Gasteiger partial charge < -0.3 is 33.0 Å². The Morgan fingerprint density at radius 2 is 1.13 bits per heavy atom. The number of hydrogen-bond acceptors (Lipinski definition) is 9. The third kappa shape index (κ3) is 44.2. The van der Waals surface area contributed by atoms with Crippen molar-refractivity contribution in [2.75, 3.05) is 47.5 Å². The van der Waals surface area contributed by atoms with Gasteiger partial charge in [-0.1, -0.05) is 148 Å². The second-order valence-electron chi connectivity index (χ2n) is 15.5. The van der Waals surface area contributed by atoms with E-state index in [0.717, 1.165) is 70.6 Å². The number of phosphoric ester groups is 1. The lowest BCUT2D eigenvalue weighted by Gasteiger charge is -2.28. The van der Waals surface area contributed by atoms with Crippen molar-refractivity contribution in [1.82, 2.24) is 0 Å². The van der Waals surface area contributed by atoms with Gasteiger partial charge in [-0.05, 0) is 83.5 Å². The van der Waals surface area contributed by atoms with E-state index in [1.807, 2.05) is 69.8 Å². The molecule has 2 unspecified atom stereocenters. The fourth-order valence-electron chi connectivity index (χ4n) is 5.11. The highest BCUT2D eigenvalue weighted by molar-refractivity contribution is 7.45. The fourth-order valence-corrected chi connectivity index (χ4v) is 5.83. The maximum atomic E-state index is 12.7. The SMILES string of the molecule is CC/C=C\C/C=C\C/C=C\C/C=C\CCCCCCC(=O)O[C@H](COC(=O)CC/C=C\C/C=C\C/C=C\C=C\C(O)C/C=C\C/C=C\CC)COP(=O)([O-])OCC[N+](C)(C)C. The van der Waals surface area contributed by atoms with Crippen LogP contribution in [0.2, 0.25) is 0 Å². The number of hydrogen-bond donors (Lipinski definition) is 1. The average molecular weight is 870 g/mol. The molecule has 0 aliphatic heterocycles. The lowest BCUT2D eigenvalue weighted by molar-refractivity contribution is -0.870. The van der Waals surface area contributed by atoms with Crippen LogP contribution in [0, 0.1) is 0 Å². The summed E-state index contributed by atoms with van der Waals surface area (Å²) in [5.41, 5.74) is 0. The molecule has 0 rings (SSSR count). The first-order valence-corrected chi connectivity index (χ1v) is 23.8. The number of aliphatic hydroxyl groups is 1. The maximum absolute atomic E-state index is 12.7. The summed E-state index contributed by atoms with van der Waals surface area (Å²) in [5.74, 6) is -1.01. The summed E-state index contributed by atoms with van der Waals surface area (Å²) in [6, 6.07) is 0. The van der Waals surface area contributed by atoms with E-state index in [4.69, 9.17) is 18.5 Å². The van der Waals surface area contributed by atoms with E-state index in [1.165, 1.54) is 0 Å². The maximum Gasteiger partial charge on any atom is 0.306 e. The van der Waals surface area contributed by atoms with Crippen LogP contribution in [0.1, 0.15) is 123 Å². The van der Waals surface area contributed by atoms with Crippen molar-refractivity contribution < 1.29 is 47.2 Å². The summed E-state index contributed by atoms with van der Waals surface area (Å²) in [6.07, 6.45) is 52.7. The number of aliphatic hydroxyl groups excluding tert-OH is 1. The Bertz CT molecular complexity index is 1460. The van der Waals surface area contributed by atoms with E-state index in [2.05, 4.69) is 80.7 Å². The Kier molecular flexibility index (Phi) is 38.0. The number of nitrogens with zero attached hydrogens (tertiary/aromatic N) is 1. The summed E-state index contributed by atoms with van der Waals surface area (Å²) in [6.45, 7) is 3.76. The highest BCUT2D eigenvalue weighted by Crippen LogP contribution is 2.38. The van der Waals surface area contributed by atoms with Crippen molar-refractivity contribution in [1.29, 1.82) is 0 Å². The Morgan fingerprint density at radius 3 is 1.72 bits per heavy atom. The first-order valence-electron chi connectivity index (χ1n) is 22.4. The van der Waals surface area contributed by atoms with Gasteiger partial charge in [-0.15, -0.1) is 0 Å². The molecule has 10 nitrogen and oxygen atoms in total. The zero-order chi connectivity index (χ0) is 45.1. The van der Waals surface area contributed by atoms with Crippen LogP contribution < -0.4 is 4.89 Å². The molecule has 11 heteroatoms. The molecule has 0 aliphatic rings. The molecule has 61 heavy (non-hydrogen) atoms. The van der Waals surface area contributed by atoms with Crippen molar-refractivity contribution in [3.05, 3.63) is 122 Å². The molecule has 0 aliphatic carbocycles. The number of quaternary nitrogens is 1. The third-order valence-electron chi connectivity index (χ3n) is 8.57. The summed E-state index contributed by atoms with van der Waals surface area (Å²) in [4.78, 5) is 37.5. The fraction of sp³-hybridized carbons (Fsp3) is 0.560. The van der Waals surface area contributed by atoms with Crippen LogP contribution in [0.3, 0.4) is 0 Å². The summed E-state index contributed by atoms with van der Waals surface area (Å²) in [7, 11) is 1.05. The molecule has 344 valence electrons. The quantitative estimate of drug-likeness (QED) is 0.0161. The Morgan fingerprint density at radius 1 is 0.607 bits per heavy atom. The minimum Gasteiger partial charge on any atom is -0.756 e. The van der Waals surface area contributed by atoms with Gasteiger partial charge in [0.2, 0.25) is 0 Å². The van der Waals surface area contributed by atoms with E-state index < -0.39 is 38.6 Å². The number of esters is 2. The van der Waals surface area contributed by atoms with Gasteiger partial charge in [0.25, 0.3) is 7.82 Å². The number of carbonyl (C=O) groups is 2. The van der Waals surface area contributed by atoms with Crippen LogP contribution in [0.15, 0.2) is 122 Å². The Balaban J connectivity index is 4.60. The number of allylic oxidation sites excluding steroid dienone is 18. The van der Waals surface area contributed by atoms with Gasteiger partial charge in [-0.2, -0.15) is 0 Å². The van der Waals surface area contributed by atoms with Crippen LogP contribution in [-0.4, -0.2) is 81.2 Å². The molecule has 3 atom stereocenters. The van der Waals surface area contributed by atoms with Crippen LogP contribution in [0.4, 0.5) is 0 Å². The molecular formula is C50H80NO9P. The minimum absolute atomic E-state index is 0.0633. The molecular weight excluding hydrogens is 790 g/mol. The first kappa shape index (κ1) is 57.4. The number of unbranched alkanes of at least 4 members (excludes halogenated alkanes) is 4. The summed E-state index contributed by atoms with van der Waals surface area (Å²) in [5, 5.41) is 10.0. The molecule has 0 aromatic heterocycles. The summed E-state index contributed by atoms with van der Waals surface area (Å²) >= 11 is 0. The highest BCUT2D eigenvalue weighted by Gasteiger charge is 2.21. The van der Waals surface area contributed by atoms with E-state index in [9.17, 15) is 24.2 Å². The van der Waals surface area contributed by atoms with Gasteiger partial charge >= 0.3 is 11.9 Å². The van der Waals surface area contributed by atoms with Crippen molar-refractivity contribution in [2.45, 2.75) is 135 Å². The number of rotatable bonds is 38. The molecule has 1 N–H and O–H groups in total. The van der Waals surface area contributed by atoms with Crippen molar-refractivity contribution >= 4 is 19.8 Å². The molecule has 0 amide bonds. The molecule has 0 fully saturated rings. The highest BCUT2D eigenvalue weighted by atomic mass is 31.2. The topological polar surface area (TPSA) is 131 Å². The van der Waals surface area contributed by atoms with E-state index in [-0.39, 0.29) is 26.1 Å². The molecule has 0 heterocycles.